The van der Waals surface area contributed by atoms with E-state index in [1.54, 1.807) is 24.3 Å². The summed E-state index contributed by atoms with van der Waals surface area (Å²) < 4.78 is 0. The molecule has 3 amide bonds. The highest BCUT2D eigenvalue weighted by molar-refractivity contribution is 6.09. The number of carboxylic acids is 1. The zero-order valence-corrected chi connectivity index (χ0v) is 12.2. The third-order valence-electron chi connectivity index (χ3n) is 4.20. The molecule has 23 heavy (non-hydrogen) atoms. The molecule has 8 nitrogen and oxygen atoms in total. The van der Waals surface area contributed by atoms with Crippen molar-refractivity contribution in [1.29, 1.82) is 0 Å². The summed E-state index contributed by atoms with van der Waals surface area (Å²) in [6, 6.07) is 6.29. The predicted octanol–water partition coefficient (Wildman–Crippen LogP) is 0.221. The molecule has 1 aromatic carbocycles. The highest BCUT2D eigenvalue weighted by atomic mass is 16.4. The van der Waals surface area contributed by atoms with Crippen molar-refractivity contribution in [2.45, 2.75) is 18.4 Å². The lowest BCUT2D eigenvalue weighted by Crippen LogP contribution is -2.46. The number of amides is 3. The van der Waals surface area contributed by atoms with Gasteiger partial charge in [-0.25, -0.2) is 4.79 Å². The van der Waals surface area contributed by atoms with Crippen molar-refractivity contribution in [1.82, 2.24) is 10.2 Å². The molecule has 1 saturated carbocycles. The number of nitrogens with zero attached hydrogens (tertiary/aromatic N) is 2. The summed E-state index contributed by atoms with van der Waals surface area (Å²) in [6.07, 6.45) is 3.08. The van der Waals surface area contributed by atoms with Crippen LogP contribution < -0.4 is 11.2 Å². The minimum atomic E-state index is -1.23. The molecule has 1 aliphatic carbocycles. The number of carboxylic acid groups (broad SMARTS) is 1. The second-order valence-corrected chi connectivity index (χ2v) is 5.70. The number of hydrogen-bond acceptors (Lipinski definition) is 5. The quantitative estimate of drug-likeness (QED) is 0.310. The standard InChI is InChI=1S/C15H16N4O4/c16-17-7-9-1-3-10(4-2-9)15(11-5-6-11)13(22)19(8-12(20)21)14(23)18-15/h1-4,7,11H,5-6,8,16H2,(H,18,23)(H,20,21)/t15-/m0/s1. The number of imide groups is 1. The number of carbonyl (C=O) groups excluding carboxylic acids is 2. The Labute approximate surface area is 131 Å². The zero-order valence-electron chi connectivity index (χ0n) is 12.2. The number of nitrogens with two attached hydrogens (primary N) is 1. The average Bonchev–Trinajstić information content (AvgIpc) is 3.32. The lowest BCUT2D eigenvalue weighted by molar-refractivity contribution is -0.143. The van der Waals surface area contributed by atoms with Crippen molar-refractivity contribution in [3.8, 4) is 0 Å². The van der Waals surface area contributed by atoms with E-state index in [4.69, 9.17) is 10.9 Å². The number of rotatable bonds is 5. The van der Waals surface area contributed by atoms with Crippen molar-refractivity contribution < 1.29 is 19.5 Å². The van der Waals surface area contributed by atoms with Gasteiger partial charge in [-0.05, 0) is 29.9 Å². The van der Waals surface area contributed by atoms with E-state index in [1.165, 1.54) is 6.21 Å². The average molecular weight is 316 g/mol. The van der Waals surface area contributed by atoms with Crippen molar-refractivity contribution >= 4 is 24.1 Å². The van der Waals surface area contributed by atoms with Gasteiger partial charge in [0.15, 0.2) is 0 Å². The van der Waals surface area contributed by atoms with Gasteiger partial charge in [0.2, 0.25) is 0 Å². The largest absolute Gasteiger partial charge is 0.480 e. The maximum Gasteiger partial charge on any atom is 0.325 e. The van der Waals surface area contributed by atoms with Crippen LogP contribution in [-0.2, 0) is 15.1 Å². The van der Waals surface area contributed by atoms with Gasteiger partial charge in [0, 0.05) is 0 Å². The van der Waals surface area contributed by atoms with Gasteiger partial charge in [-0.15, -0.1) is 0 Å². The molecule has 0 spiro atoms. The molecule has 3 rings (SSSR count). The summed E-state index contributed by atoms with van der Waals surface area (Å²) >= 11 is 0. The number of aliphatic carboxylic acids is 1. The van der Waals surface area contributed by atoms with Crippen LogP contribution in [0.1, 0.15) is 24.0 Å². The normalized spacial score (nSPS) is 24.3. The Morgan fingerprint density at radius 2 is 2.04 bits per heavy atom. The van der Waals surface area contributed by atoms with Crippen LogP contribution in [0.5, 0.6) is 0 Å². The Morgan fingerprint density at radius 1 is 1.39 bits per heavy atom. The number of benzene rings is 1. The van der Waals surface area contributed by atoms with E-state index < -0.39 is 30.0 Å². The molecule has 0 aromatic heterocycles. The third-order valence-corrected chi connectivity index (χ3v) is 4.20. The Morgan fingerprint density at radius 3 is 2.57 bits per heavy atom. The summed E-state index contributed by atoms with van der Waals surface area (Å²) in [5, 5.41) is 15.1. The van der Waals surface area contributed by atoms with Crippen LogP contribution in [0.3, 0.4) is 0 Å². The number of hydrazone groups is 1. The van der Waals surface area contributed by atoms with Crippen LogP contribution in [-0.4, -0.2) is 40.7 Å². The van der Waals surface area contributed by atoms with Crippen LogP contribution in [0.25, 0.3) is 0 Å². The second-order valence-electron chi connectivity index (χ2n) is 5.70. The second kappa shape index (κ2) is 5.38. The summed E-state index contributed by atoms with van der Waals surface area (Å²) in [6.45, 7) is -0.642. The third kappa shape index (κ3) is 2.41. The Kier molecular flexibility index (Phi) is 3.51. The topological polar surface area (TPSA) is 125 Å². The van der Waals surface area contributed by atoms with Crippen molar-refractivity contribution in [3.63, 3.8) is 0 Å². The van der Waals surface area contributed by atoms with E-state index in [9.17, 15) is 14.4 Å². The van der Waals surface area contributed by atoms with Crippen LogP contribution in [0.2, 0.25) is 0 Å². The summed E-state index contributed by atoms with van der Waals surface area (Å²) in [5.41, 5.74) is 0.229. The van der Waals surface area contributed by atoms with Crippen LogP contribution in [0.15, 0.2) is 29.4 Å². The van der Waals surface area contributed by atoms with Gasteiger partial charge in [0.1, 0.15) is 12.1 Å². The first-order valence-electron chi connectivity index (χ1n) is 7.18. The van der Waals surface area contributed by atoms with E-state index in [-0.39, 0.29) is 5.92 Å². The first kappa shape index (κ1) is 15.0. The van der Waals surface area contributed by atoms with Crippen molar-refractivity contribution in [3.05, 3.63) is 35.4 Å². The number of nitrogens with one attached hydrogen (secondary N) is 1. The van der Waals surface area contributed by atoms with Gasteiger partial charge in [0.25, 0.3) is 5.91 Å². The Balaban J connectivity index is 1.99. The molecule has 0 bridgehead atoms. The predicted molar refractivity (Wildman–Crippen MR) is 80.5 cm³/mol. The first-order valence-corrected chi connectivity index (χ1v) is 7.18. The molecule has 1 heterocycles. The lowest BCUT2D eigenvalue weighted by atomic mass is 9.84. The fraction of sp³-hybridized carbons (Fsp3) is 0.333. The monoisotopic (exact) mass is 316 g/mol. The molecule has 0 unspecified atom stereocenters. The van der Waals surface area contributed by atoms with E-state index in [0.29, 0.717) is 5.56 Å². The van der Waals surface area contributed by atoms with Crippen LogP contribution in [0, 0.1) is 5.92 Å². The Hall–Kier alpha value is -2.90. The van der Waals surface area contributed by atoms with E-state index in [0.717, 1.165) is 23.3 Å². The molecular weight excluding hydrogens is 300 g/mol. The fourth-order valence-corrected chi connectivity index (χ4v) is 3.02. The van der Waals surface area contributed by atoms with Crippen molar-refractivity contribution in [2.75, 3.05) is 6.54 Å². The summed E-state index contributed by atoms with van der Waals surface area (Å²) in [5.74, 6) is 3.35. The van der Waals surface area contributed by atoms with Crippen LogP contribution in [0.4, 0.5) is 4.79 Å². The SMILES string of the molecule is NN=Cc1ccc([C@@]2(C3CC3)NC(=O)N(CC(=O)O)C2=O)cc1. The van der Waals surface area contributed by atoms with Gasteiger partial charge < -0.3 is 16.3 Å². The maximum atomic E-state index is 12.8. The maximum absolute atomic E-state index is 12.8. The van der Waals surface area contributed by atoms with Crippen LogP contribution >= 0.6 is 0 Å². The van der Waals surface area contributed by atoms with Crippen molar-refractivity contribution in [2.24, 2.45) is 16.9 Å². The molecule has 4 N–H and O–H groups in total. The Bertz CT molecular complexity index is 696. The molecule has 1 saturated heterocycles. The minimum Gasteiger partial charge on any atom is -0.480 e. The number of carbonyl (C=O) groups is 3. The summed E-state index contributed by atoms with van der Waals surface area (Å²) in [7, 11) is 0. The molecule has 1 aromatic rings. The van der Waals surface area contributed by atoms with Gasteiger partial charge in [0.05, 0.1) is 6.21 Å². The molecule has 2 fully saturated rings. The number of urea groups is 1. The molecule has 0 radical (unpaired) electrons. The molecule has 8 heteroatoms. The smallest absolute Gasteiger partial charge is 0.325 e. The van der Waals surface area contributed by atoms with Gasteiger partial charge in [-0.2, -0.15) is 5.10 Å². The highest BCUT2D eigenvalue weighted by Crippen LogP contribution is 2.48. The fourth-order valence-electron chi connectivity index (χ4n) is 3.02. The van der Waals surface area contributed by atoms with Gasteiger partial charge in [-0.3, -0.25) is 14.5 Å². The molecule has 1 atom stereocenters. The molecule has 2 aliphatic rings. The van der Waals surface area contributed by atoms with Gasteiger partial charge in [-0.1, -0.05) is 24.3 Å². The van der Waals surface area contributed by atoms with E-state index in [2.05, 4.69) is 10.4 Å². The number of hydrogen-bond donors (Lipinski definition) is 3. The van der Waals surface area contributed by atoms with E-state index in [1.807, 2.05) is 0 Å². The minimum absolute atomic E-state index is 0.0215. The molecular formula is C15H16N4O4. The molecule has 1 aliphatic heterocycles. The zero-order chi connectivity index (χ0) is 16.6. The summed E-state index contributed by atoms with van der Waals surface area (Å²) in [4.78, 5) is 36.6. The van der Waals surface area contributed by atoms with Gasteiger partial charge >= 0.3 is 12.0 Å². The molecule has 120 valence electrons. The highest BCUT2D eigenvalue weighted by Gasteiger charge is 2.60. The first-order chi connectivity index (χ1) is 11.0. The van der Waals surface area contributed by atoms with E-state index >= 15 is 0 Å². The lowest BCUT2D eigenvalue weighted by Gasteiger charge is -2.27.